The number of rotatable bonds is 11. The van der Waals surface area contributed by atoms with Gasteiger partial charge in [0.25, 0.3) is 0 Å². The maximum absolute atomic E-state index is 13.5. The van der Waals surface area contributed by atoms with E-state index < -0.39 is 11.8 Å². The first-order valence-corrected chi connectivity index (χ1v) is 9.16. The Bertz CT molecular complexity index is 542. The van der Waals surface area contributed by atoms with Gasteiger partial charge in [0.2, 0.25) is 0 Å². The first-order valence-electron chi connectivity index (χ1n) is 8.78. The molecule has 0 aliphatic heterocycles. The van der Waals surface area contributed by atoms with Crippen LogP contribution in [-0.4, -0.2) is 18.0 Å². The van der Waals surface area contributed by atoms with Gasteiger partial charge in [-0.05, 0) is 38.3 Å². The lowest BCUT2D eigenvalue weighted by Crippen LogP contribution is -2.16. The molecule has 1 aromatic rings. The monoisotopic (exact) mass is 372 g/mol. The Kier molecular flexibility index (Phi) is 10.2. The van der Waals surface area contributed by atoms with Crippen LogP contribution in [0.2, 0.25) is 5.02 Å². The zero-order chi connectivity index (χ0) is 18.7. The van der Waals surface area contributed by atoms with Crippen LogP contribution in [0.25, 0.3) is 0 Å². The highest BCUT2D eigenvalue weighted by Crippen LogP contribution is 2.27. The Morgan fingerprint density at radius 2 is 1.84 bits per heavy atom. The first-order chi connectivity index (χ1) is 11.9. The number of unbranched alkanes of at least 4 members (excludes halogenated alkanes) is 3. The molecular formula is C19H26ClFO4. The minimum absolute atomic E-state index is 0.00928. The van der Waals surface area contributed by atoms with Crippen LogP contribution in [0.3, 0.4) is 0 Å². The number of esters is 2. The summed E-state index contributed by atoms with van der Waals surface area (Å²) in [6.45, 7) is 4.02. The third kappa shape index (κ3) is 8.87. The van der Waals surface area contributed by atoms with Crippen molar-refractivity contribution in [3.8, 4) is 5.75 Å². The van der Waals surface area contributed by atoms with Gasteiger partial charge in [-0.3, -0.25) is 9.59 Å². The van der Waals surface area contributed by atoms with Crippen LogP contribution in [0.1, 0.15) is 65.2 Å². The van der Waals surface area contributed by atoms with Crippen LogP contribution in [-0.2, 0) is 14.3 Å². The minimum atomic E-state index is -0.697. The molecule has 1 rings (SSSR count). The summed E-state index contributed by atoms with van der Waals surface area (Å²) in [5.41, 5.74) is 0. The van der Waals surface area contributed by atoms with Gasteiger partial charge in [0.1, 0.15) is 0 Å². The van der Waals surface area contributed by atoms with Crippen molar-refractivity contribution in [2.45, 2.75) is 71.3 Å². The van der Waals surface area contributed by atoms with E-state index in [1.54, 1.807) is 0 Å². The van der Waals surface area contributed by atoms with Gasteiger partial charge in [-0.1, -0.05) is 43.9 Å². The van der Waals surface area contributed by atoms with Crippen molar-refractivity contribution < 1.29 is 23.5 Å². The third-order valence-electron chi connectivity index (χ3n) is 3.69. The molecule has 6 heteroatoms. The zero-order valence-electron chi connectivity index (χ0n) is 14.9. The van der Waals surface area contributed by atoms with Gasteiger partial charge in [-0.25, -0.2) is 4.39 Å². The number of carbonyl (C=O) groups is 2. The fourth-order valence-electron chi connectivity index (χ4n) is 2.32. The number of hydrogen-bond acceptors (Lipinski definition) is 4. The largest absolute Gasteiger partial charge is 0.463 e. The fraction of sp³-hybridized carbons (Fsp3) is 0.579. The summed E-state index contributed by atoms with van der Waals surface area (Å²) in [5, 5.41) is 0.0321. The molecular weight excluding hydrogens is 347 g/mol. The summed E-state index contributed by atoms with van der Waals surface area (Å²) >= 11 is 5.79. The van der Waals surface area contributed by atoms with E-state index in [1.165, 1.54) is 25.0 Å². The van der Waals surface area contributed by atoms with Crippen LogP contribution >= 0.6 is 11.6 Å². The average Bonchev–Trinajstić information content (AvgIpc) is 2.55. The fourth-order valence-corrected chi connectivity index (χ4v) is 2.52. The molecule has 1 aromatic carbocycles. The number of ether oxygens (including phenoxy) is 2. The Balaban J connectivity index is 2.23. The second kappa shape index (κ2) is 11.9. The average molecular weight is 373 g/mol. The summed E-state index contributed by atoms with van der Waals surface area (Å²) in [6.07, 6.45) is 5.67. The highest BCUT2D eigenvalue weighted by atomic mass is 35.5. The predicted octanol–water partition coefficient (Wildman–Crippen LogP) is 5.46. The summed E-state index contributed by atoms with van der Waals surface area (Å²) in [5.74, 6) is -1.94. The number of halogens is 2. The van der Waals surface area contributed by atoms with E-state index >= 15 is 0 Å². The van der Waals surface area contributed by atoms with Crippen LogP contribution in [0.15, 0.2) is 18.2 Å². The molecule has 0 radical (unpaired) electrons. The number of benzene rings is 1. The molecule has 0 saturated heterocycles. The summed E-state index contributed by atoms with van der Waals surface area (Å²) in [4.78, 5) is 23.5. The molecule has 25 heavy (non-hydrogen) atoms. The lowest BCUT2D eigenvalue weighted by Gasteiger charge is -2.13. The number of carbonyl (C=O) groups excluding carboxylic acids is 2. The number of hydrogen-bond donors (Lipinski definition) is 0. The smallest absolute Gasteiger partial charge is 0.311 e. The van der Waals surface area contributed by atoms with Crippen molar-refractivity contribution in [3.63, 3.8) is 0 Å². The van der Waals surface area contributed by atoms with Crippen LogP contribution in [0.4, 0.5) is 4.39 Å². The topological polar surface area (TPSA) is 52.6 Å². The first kappa shape index (κ1) is 21.4. The lowest BCUT2D eigenvalue weighted by molar-refractivity contribution is -0.148. The molecule has 0 amide bonds. The van der Waals surface area contributed by atoms with Gasteiger partial charge in [-0.15, -0.1) is 0 Å². The van der Waals surface area contributed by atoms with E-state index in [-0.39, 0.29) is 42.1 Å². The molecule has 0 fully saturated rings. The van der Waals surface area contributed by atoms with E-state index in [4.69, 9.17) is 21.1 Å². The van der Waals surface area contributed by atoms with Crippen molar-refractivity contribution in [2.75, 3.05) is 0 Å². The van der Waals surface area contributed by atoms with E-state index in [2.05, 4.69) is 6.92 Å². The minimum Gasteiger partial charge on any atom is -0.463 e. The predicted molar refractivity (Wildman–Crippen MR) is 95.2 cm³/mol. The van der Waals surface area contributed by atoms with E-state index in [0.717, 1.165) is 25.3 Å². The van der Waals surface area contributed by atoms with Crippen LogP contribution in [0, 0.1) is 5.82 Å². The van der Waals surface area contributed by atoms with Crippen molar-refractivity contribution in [3.05, 3.63) is 29.0 Å². The molecule has 4 nitrogen and oxygen atoms in total. The van der Waals surface area contributed by atoms with Crippen molar-refractivity contribution >= 4 is 23.5 Å². The molecule has 0 aliphatic carbocycles. The maximum atomic E-state index is 13.5. The van der Waals surface area contributed by atoms with E-state index in [1.807, 2.05) is 6.92 Å². The molecule has 0 N–H and O–H groups in total. The van der Waals surface area contributed by atoms with Gasteiger partial charge in [0.15, 0.2) is 11.6 Å². The van der Waals surface area contributed by atoms with Gasteiger partial charge >= 0.3 is 11.9 Å². The molecule has 1 unspecified atom stereocenters. The van der Waals surface area contributed by atoms with E-state index in [9.17, 15) is 14.0 Å². The van der Waals surface area contributed by atoms with Crippen LogP contribution < -0.4 is 4.74 Å². The zero-order valence-corrected chi connectivity index (χ0v) is 15.6. The Labute approximate surface area is 153 Å². The van der Waals surface area contributed by atoms with Gasteiger partial charge < -0.3 is 9.47 Å². The highest BCUT2D eigenvalue weighted by molar-refractivity contribution is 6.32. The van der Waals surface area contributed by atoms with Gasteiger partial charge in [-0.2, -0.15) is 0 Å². The molecule has 0 aromatic heterocycles. The summed E-state index contributed by atoms with van der Waals surface area (Å²) in [7, 11) is 0. The Morgan fingerprint density at radius 3 is 2.52 bits per heavy atom. The second-order valence-corrected chi connectivity index (χ2v) is 6.44. The standard InChI is InChI=1S/C19H26ClFO4/c1-3-4-5-6-9-14(2)24-17(22)12-8-13-18(23)25-19-15(20)10-7-11-16(19)21/h7,10-11,14H,3-6,8-9,12-13H2,1-2H3. The van der Waals surface area contributed by atoms with Gasteiger partial charge in [0, 0.05) is 12.8 Å². The summed E-state index contributed by atoms with van der Waals surface area (Å²) in [6, 6.07) is 4.02. The van der Waals surface area contributed by atoms with Crippen molar-refractivity contribution in [1.82, 2.24) is 0 Å². The van der Waals surface area contributed by atoms with Crippen molar-refractivity contribution in [1.29, 1.82) is 0 Å². The molecule has 0 heterocycles. The molecule has 0 saturated carbocycles. The lowest BCUT2D eigenvalue weighted by atomic mass is 10.1. The molecule has 1 atom stereocenters. The molecule has 140 valence electrons. The maximum Gasteiger partial charge on any atom is 0.311 e. The molecule has 0 aliphatic rings. The van der Waals surface area contributed by atoms with Crippen molar-refractivity contribution in [2.24, 2.45) is 0 Å². The highest BCUT2D eigenvalue weighted by Gasteiger charge is 2.15. The Hall–Kier alpha value is -1.62. The quantitative estimate of drug-likeness (QED) is 0.294. The normalized spacial score (nSPS) is 11.8. The Morgan fingerprint density at radius 1 is 1.12 bits per heavy atom. The second-order valence-electron chi connectivity index (χ2n) is 6.03. The molecule has 0 bridgehead atoms. The third-order valence-corrected chi connectivity index (χ3v) is 3.99. The SMILES string of the molecule is CCCCCCC(C)OC(=O)CCCC(=O)Oc1c(F)cccc1Cl. The van der Waals surface area contributed by atoms with E-state index in [0.29, 0.717) is 0 Å². The number of para-hydroxylation sites is 1. The van der Waals surface area contributed by atoms with Crippen LogP contribution in [0.5, 0.6) is 5.75 Å². The van der Waals surface area contributed by atoms with Gasteiger partial charge in [0.05, 0.1) is 11.1 Å². The summed E-state index contributed by atoms with van der Waals surface area (Å²) < 4.78 is 23.7. The molecule has 0 spiro atoms.